The van der Waals surface area contributed by atoms with Gasteiger partial charge in [0, 0.05) is 64.1 Å². The van der Waals surface area contributed by atoms with Crippen molar-refractivity contribution in [1.82, 2.24) is 9.80 Å². The Kier molecular flexibility index (Phi) is 9.01. The molecular weight excluding hydrogens is 425 g/mol. The van der Waals surface area contributed by atoms with Gasteiger partial charge in [-0.15, -0.1) is 24.0 Å². The summed E-state index contributed by atoms with van der Waals surface area (Å²) in [7, 11) is 3.82. The van der Waals surface area contributed by atoms with Crippen molar-refractivity contribution in [1.29, 1.82) is 0 Å². The normalized spacial score (nSPS) is 16.1. The third-order valence-electron chi connectivity index (χ3n) is 3.91. The van der Waals surface area contributed by atoms with E-state index in [-0.39, 0.29) is 24.0 Å². The van der Waals surface area contributed by atoms with Gasteiger partial charge in [0.15, 0.2) is 5.96 Å². The van der Waals surface area contributed by atoms with Crippen LogP contribution in [-0.4, -0.2) is 69.1 Å². The lowest BCUT2D eigenvalue weighted by Gasteiger charge is -2.36. The van der Waals surface area contributed by atoms with Gasteiger partial charge in [0.25, 0.3) is 0 Å². The molecule has 0 unspecified atom stereocenters. The Morgan fingerprint density at radius 1 is 1.26 bits per heavy atom. The molecule has 0 bridgehead atoms. The van der Waals surface area contributed by atoms with Crippen LogP contribution in [0.15, 0.2) is 29.3 Å². The van der Waals surface area contributed by atoms with Crippen LogP contribution >= 0.6 is 35.6 Å². The number of hydrogen-bond donors (Lipinski definition) is 1. The molecule has 2 N–H and O–H groups in total. The topological polar surface area (TPSA) is 48.1 Å². The second-order valence-electron chi connectivity index (χ2n) is 5.80. The highest BCUT2D eigenvalue weighted by molar-refractivity contribution is 14.0. The first-order valence-corrected chi connectivity index (χ1v) is 8.14. The predicted molar refractivity (Wildman–Crippen MR) is 110 cm³/mol. The third kappa shape index (κ3) is 6.73. The van der Waals surface area contributed by atoms with Crippen molar-refractivity contribution in [3.05, 3.63) is 29.3 Å². The van der Waals surface area contributed by atoms with E-state index >= 15 is 0 Å². The SMILES string of the molecule is CN(C)C(N)=NCCCN1CCN(c2cccc(Cl)c2)CC1.I. The number of halogens is 2. The number of hydrogen-bond acceptors (Lipinski definition) is 3. The molecule has 1 heterocycles. The standard InChI is InChI=1S/C16H26ClN5.HI/c1-20(2)16(18)19-7-4-8-21-9-11-22(12-10-21)15-6-3-5-14(17)13-15;/h3,5-6,13H,4,7-12H2,1-2H3,(H2,18,19);1H. The molecule has 0 amide bonds. The van der Waals surface area contributed by atoms with E-state index in [0.29, 0.717) is 5.96 Å². The summed E-state index contributed by atoms with van der Waals surface area (Å²) in [5.41, 5.74) is 6.99. The van der Waals surface area contributed by atoms with Gasteiger partial charge in [-0.3, -0.25) is 9.89 Å². The van der Waals surface area contributed by atoms with Crippen LogP contribution in [-0.2, 0) is 0 Å². The van der Waals surface area contributed by atoms with Crippen molar-refractivity contribution in [2.45, 2.75) is 6.42 Å². The van der Waals surface area contributed by atoms with Gasteiger partial charge in [-0.05, 0) is 24.6 Å². The number of nitrogens with zero attached hydrogens (tertiary/aromatic N) is 4. The lowest BCUT2D eigenvalue weighted by molar-refractivity contribution is 0.256. The molecule has 1 fully saturated rings. The molecule has 1 saturated heterocycles. The summed E-state index contributed by atoms with van der Waals surface area (Å²) in [6, 6.07) is 8.09. The molecule has 5 nitrogen and oxygen atoms in total. The summed E-state index contributed by atoms with van der Waals surface area (Å²) in [5.74, 6) is 0.603. The number of piperazine rings is 1. The highest BCUT2D eigenvalue weighted by Crippen LogP contribution is 2.20. The number of guanidine groups is 1. The van der Waals surface area contributed by atoms with Crippen molar-refractivity contribution in [3.8, 4) is 0 Å². The van der Waals surface area contributed by atoms with E-state index < -0.39 is 0 Å². The van der Waals surface area contributed by atoms with Gasteiger partial charge in [-0.2, -0.15) is 0 Å². The number of benzene rings is 1. The molecule has 1 aromatic carbocycles. The van der Waals surface area contributed by atoms with Crippen molar-refractivity contribution < 1.29 is 0 Å². The fourth-order valence-electron chi connectivity index (χ4n) is 2.53. The summed E-state index contributed by atoms with van der Waals surface area (Å²) in [6.45, 7) is 6.12. The minimum absolute atomic E-state index is 0. The van der Waals surface area contributed by atoms with Crippen LogP contribution in [0.2, 0.25) is 5.02 Å². The summed E-state index contributed by atoms with van der Waals surface area (Å²) in [4.78, 5) is 11.1. The molecule has 7 heteroatoms. The van der Waals surface area contributed by atoms with E-state index in [9.17, 15) is 0 Å². The van der Waals surface area contributed by atoms with Gasteiger partial charge in [0.2, 0.25) is 0 Å². The first-order valence-electron chi connectivity index (χ1n) is 7.76. The van der Waals surface area contributed by atoms with Crippen LogP contribution in [0.4, 0.5) is 5.69 Å². The van der Waals surface area contributed by atoms with Gasteiger partial charge < -0.3 is 15.5 Å². The van der Waals surface area contributed by atoms with Crippen LogP contribution in [0.3, 0.4) is 0 Å². The molecule has 1 aliphatic heterocycles. The molecule has 0 spiro atoms. The first-order chi connectivity index (χ1) is 10.6. The molecule has 0 saturated carbocycles. The van der Waals surface area contributed by atoms with E-state index in [4.69, 9.17) is 17.3 Å². The summed E-state index contributed by atoms with van der Waals surface area (Å²) < 4.78 is 0. The van der Waals surface area contributed by atoms with E-state index in [1.54, 1.807) is 0 Å². The Morgan fingerprint density at radius 3 is 2.57 bits per heavy atom. The minimum Gasteiger partial charge on any atom is -0.370 e. The summed E-state index contributed by atoms with van der Waals surface area (Å²) in [6.07, 6.45) is 1.05. The Labute approximate surface area is 161 Å². The lowest BCUT2D eigenvalue weighted by Crippen LogP contribution is -2.46. The van der Waals surface area contributed by atoms with Crippen molar-refractivity contribution in [3.63, 3.8) is 0 Å². The van der Waals surface area contributed by atoms with Crippen molar-refractivity contribution >= 4 is 47.2 Å². The molecule has 0 atom stereocenters. The highest BCUT2D eigenvalue weighted by Gasteiger charge is 2.16. The molecule has 23 heavy (non-hydrogen) atoms. The van der Waals surface area contributed by atoms with Crippen molar-refractivity contribution in [2.24, 2.45) is 10.7 Å². The molecule has 0 aromatic heterocycles. The van der Waals surface area contributed by atoms with E-state index in [0.717, 1.165) is 50.7 Å². The van der Waals surface area contributed by atoms with Gasteiger partial charge >= 0.3 is 0 Å². The maximum Gasteiger partial charge on any atom is 0.190 e. The monoisotopic (exact) mass is 451 g/mol. The smallest absolute Gasteiger partial charge is 0.190 e. The van der Waals surface area contributed by atoms with Crippen LogP contribution in [0, 0.1) is 0 Å². The Balaban J connectivity index is 0.00000264. The van der Waals surface area contributed by atoms with Gasteiger partial charge in [-0.25, -0.2) is 0 Å². The minimum atomic E-state index is 0. The average molecular weight is 452 g/mol. The first kappa shape index (κ1) is 20.3. The number of rotatable bonds is 5. The second-order valence-corrected chi connectivity index (χ2v) is 6.23. The van der Waals surface area contributed by atoms with E-state index in [2.05, 4.69) is 20.9 Å². The second kappa shape index (κ2) is 10.2. The van der Waals surface area contributed by atoms with Crippen molar-refractivity contribution in [2.75, 3.05) is 58.3 Å². The van der Waals surface area contributed by atoms with Gasteiger partial charge in [-0.1, -0.05) is 17.7 Å². The van der Waals surface area contributed by atoms with Gasteiger partial charge in [0.05, 0.1) is 0 Å². The number of aliphatic imine (C=N–C) groups is 1. The van der Waals surface area contributed by atoms with Crippen LogP contribution in [0.25, 0.3) is 0 Å². The quantitative estimate of drug-likeness (QED) is 0.323. The van der Waals surface area contributed by atoms with Crippen LogP contribution < -0.4 is 10.6 Å². The number of anilines is 1. The summed E-state index contributed by atoms with van der Waals surface area (Å²) >= 11 is 6.06. The zero-order chi connectivity index (χ0) is 15.9. The third-order valence-corrected chi connectivity index (χ3v) is 4.15. The van der Waals surface area contributed by atoms with Crippen LogP contribution in [0.1, 0.15) is 6.42 Å². The van der Waals surface area contributed by atoms with E-state index in [1.807, 2.05) is 37.2 Å². The predicted octanol–water partition coefficient (Wildman–Crippen LogP) is 2.35. The molecule has 130 valence electrons. The molecular formula is C16H27ClIN5. The van der Waals surface area contributed by atoms with E-state index in [1.165, 1.54) is 5.69 Å². The molecule has 0 radical (unpaired) electrons. The molecule has 1 aliphatic rings. The Morgan fingerprint density at radius 2 is 1.96 bits per heavy atom. The van der Waals surface area contributed by atoms with Crippen LogP contribution in [0.5, 0.6) is 0 Å². The lowest BCUT2D eigenvalue weighted by atomic mass is 10.2. The van der Waals surface area contributed by atoms with Gasteiger partial charge in [0.1, 0.15) is 0 Å². The zero-order valence-corrected chi connectivity index (χ0v) is 17.0. The average Bonchev–Trinajstić information content (AvgIpc) is 2.52. The fraction of sp³-hybridized carbons (Fsp3) is 0.562. The largest absolute Gasteiger partial charge is 0.370 e. The maximum absolute atomic E-state index is 6.06. The fourth-order valence-corrected chi connectivity index (χ4v) is 2.72. The Hall–Kier alpha value is -0.730. The highest BCUT2D eigenvalue weighted by atomic mass is 127. The molecule has 0 aliphatic carbocycles. The summed E-state index contributed by atoms with van der Waals surface area (Å²) in [5, 5.41) is 0.802. The molecule has 1 aromatic rings. The Bertz CT molecular complexity index is 501. The zero-order valence-electron chi connectivity index (χ0n) is 13.9. The number of nitrogens with two attached hydrogens (primary N) is 1. The molecule has 2 rings (SSSR count). The maximum atomic E-state index is 6.06.